The lowest BCUT2D eigenvalue weighted by Gasteiger charge is -2.18. The fourth-order valence-electron chi connectivity index (χ4n) is 8.34. The maximum absolute atomic E-state index is 12.9. The van der Waals surface area contributed by atoms with Crippen molar-refractivity contribution in [3.05, 3.63) is 122 Å². The van der Waals surface area contributed by atoms with Crippen LogP contribution in [0.5, 0.6) is 0 Å². The van der Waals surface area contributed by atoms with Crippen LogP contribution in [0.15, 0.2) is 122 Å². The van der Waals surface area contributed by atoms with Gasteiger partial charge in [0.15, 0.2) is 6.10 Å². The number of esters is 3. The summed E-state index contributed by atoms with van der Waals surface area (Å²) in [7, 11) is 0. The van der Waals surface area contributed by atoms with E-state index in [9.17, 15) is 14.4 Å². The summed E-state index contributed by atoms with van der Waals surface area (Å²) in [5.74, 6) is -0.922. The highest BCUT2D eigenvalue weighted by Gasteiger charge is 2.19. The monoisotopic (exact) mass is 1040 g/mol. The molecule has 0 heterocycles. The number of rotatable bonds is 55. The first-order valence-corrected chi connectivity index (χ1v) is 31.0. The number of allylic oxidation sites excluding steroid dienone is 20. The van der Waals surface area contributed by atoms with E-state index < -0.39 is 6.10 Å². The van der Waals surface area contributed by atoms with Gasteiger partial charge in [-0.2, -0.15) is 0 Å². The van der Waals surface area contributed by atoms with Gasteiger partial charge in [-0.3, -0.25) is 14.4 Å². The van der Waals surface area contributed by atoms with Gasteiger partial charge < -0.3 is 14.2 Å². The lowest BCUT2D eigenvalue weighted by atomic mass is 10.1. The Labute approximate surface area is 462 Å². The topological polar surface area (TPSA) is 78.9 Å². The molecule has 0 saturated heterocycles. The normalized spacial score (nSPS) is 12.9. The van der Waals surface area contributed by atoms with Crippen LogP contribution in [0.25, 0.3) is 0 Å². The minimum absolute atomic E-state index is 0.0936. The molecule has 0 radical (unpaired) electrons. The molecule has 426 valence electrons. The average Bonchev–Trinajstić information content (AvgIpc) is 3.41. The van der Waals surface area contributed by atoms with Crippen LogP contribution in [0.3, 0.4) is 0 Å². The fourth-order valence-corrected chi connectivity index (χ4v) is 8.34. The second kappa shape index (κ2) is 62.4. The molecule has 0 fully saturated rings. The van der Waals surface area contributed by atoms with Gasteiger partial charge in [0.1, 0.15) is 13.2 Å². The molecule has 0 amide bonds. The number of hydrogen-bond acceptors (Lipinski definition) is 6. The summed E-state index contributed by atoms with van der Waals surface area (Å²) in [6.45, 7) is 6.37. The predicted octanol–water partition coefficient (Wildman–Crippen LogP) is 21.2. The summed E-state index contributed by atoms with van der Waals surface area (Å²) in [6.07, 6.45) is 86.2. The first kappa shape index (κ1) is 70.8. The van der Waals surface area contributed by atoms with E-state index in [1.807, 2.05) is 0 Å². The van der Waals surface area contributed by atoms with Crippen LogP contribution >= 0.6 is 0 Å². The van der Waals surface area contributed by atoms with Crippen molar-refractivity contribution in [2.24, 2.45) is 0 Å². The van der Waals surface area contributed by atoms with E-state index in [-0.39, 0.29) is 31.1 Å². The Hall–Kier alpha value is -4.19. The van der Waals surface area contributed by atoms with Crippen LogP contribution in [0.4, 0.5) is 0 Å². The third-order valence-electron chi connectivity index (χ3n) is 12.9. The first-order chi connectivity index (χ1) is 37.0. The van der Waals surface area contributed by atoms with Crippen LogP contribution in [0.1, 0.15) is 278 Å². The second-order valence-corrected chi connectivity index (χ2v) is 20.2. The molecule has 0 aliphatic carbocycles. The maximum Gasteiger partial charge on any atom is 0.306 e. The van der Waals surface area contributed by atoms with E-state index >= 15 is 0 Å². The average molecular weight is 1040 g/mol. The van der Waals surface area contributed by atoms with Gasteiger partial charge >= 0.3 is 17.9 Å². The van der Waals surface area contributed by atoms with E-state index in [1.54, 1.807) is 0 Å². The Bertz CT molecular complexity index is 1570. The molecule has 6 nitrogen and oxygen atoms in total. The minimum Gasteiger partial charge on any atom is -0.462 e. The highest BCUT2D eigenvalue weighted by molar-refractivity contribution is 5.71. The molecule has 6 heteroatoms. The van der Waals surface area contributed by atoms with Crippen molar-refractivity contribution in [1.82, 2.24) is 0 Å². The van der Waals surface area contributed by atoms with Crippen LogP contribution in [0, 0.1) is 0 Å². The Balaban J connectivity index is 4.42. The molecule has 0 spiro atoms. The van der Waals surface area contributed by atoms with Gasteiger partial charge in [0.2, 0.25) is 0 Å². The number of carbonyl (C=O) groups excluding carboxylic acids is 3. The minimum atomic E-state index is -0.797. The molecule has 75 heavy (non-hydrogen) atoms. The zero-order chi connectivity index (χ0) is 54.3. The van der Waals surface area contributed by atoms with E-state index in [2.05, 4.69) is 142 Å². The first-order valence-electron chi connectivity index (χ1n) is 31.0. The van der Waals surface area contributed by atoms with Crippen LogP contribution < -0.4 is 0 Å². The summed E-state index contributed by atoms with van der Waals surface area (Å²) in [5.41, 5.74) is 0. The van der Waals surface area contributed by atoms with Crippen LogP contribution in [-0.4, -0.2) is 37.2 Å². The Morgan fingerprint density at radius 2 is 0.520 bits per heavy atom. The lowest BCUT2D eigenvalue weighted by molar-refractivity contribution is -0.167. The van der Waals surface area contributed by atoms with Crippen molar-refractivity contribution < 1.29 is 28.6 Å². The van der Waals surface area contributed by atoms with E-state index in [1.165, 1.54) is 96.3 Å². The van der Waals surface area contributed by atoms with Gasteiger partial charge in [0, 0.05) is 19.3 Å². The molecule has 0 aromatic heterocycles. The predicted molar refractivity (Wildman–Crippen MR) is 325 cm³/mol. The molecule has 1 atom stereocenters. The van der Waals surface area contributed by atoms with Gasteiger partial charge in [-0.05, 0) is 128 Å². The SMILES string of the molecule is CC/C=C\C/C=C\C/C=C\C/C=C\C/C=C\CCCCCCCCCC(=O)OCC(COC(=O)CCCCCCC/C=C\C/C=C\C/C=C\CC)OC(=O)CCCCCCCCCCC/C=C\C/C=C\CCCCC. The Morgan fingerprint density at radius 3 is 0.813 bits per heavy atom. The largest absolute Gasteiger partial charge is 0.462 e. The molecule has 0 N–H and O–H groups in total. The van der Waals surface area contributed by atoms with Crippen molar-refractivity contribution in [2.75, 3.05) is 13.2 Å². The molecule has 1 unspecified atom stereocenters. The molecule has 0 aliphatic rings. The van der Waals surface area contributed by atoms with Gasteiger partial charge in [0.25, 0.3) is 0 Å². The summed E-state index contributed by atoms with van der Waals surface area (Å²) in [4.78, 5) is 38.3. The highest BCUT2D eigenvalue weighted by atomic mass is 16.6. The smallest absolute Gasteiger partial charge is 0.306 e. The zero-order valence-electron chi connectivity index (χ0n) is 48.8. The van der Waals surface area contributed by atoms with Gasteiger partial charge in [-0.25, -0.2) is 0 Å². The molecule has 0 rings (SSSR count). The molecule has 0 aliphatic heterocycles. The molecule has 0 bridgehead atoms. The molecule has 0 aromatic carbocycles. The van der Waals surface area contributed by atoms with Crippen LogP contribution in [0.2, 0.25) is 0 Å². The van der Waals surface area contributed by atoms with Gasteiger partial charge in [-0.15, -0.1) is 0 Å². The van der Waals surface area contributed by atoms with Crippen molar-refractivity contribution >= 4 is 17.9 Å². The lowest BCUT2D eigenvalue weighted by Crippen LogP contribution is -2.30. The number of hydrogen-bond donors (Lipinski definition) is 0. The zero-order valence-corrected chi connectivity index (χ0v) is 48.8. The Morgan fingerprint density at radius 1 is 0.280 bits per heavy atom. The van der Waals surface area contributed by atoms with Gasteiger partial charge in [0.05, 0.1) is 0 Å². The Kier molecular flexibility index (Phi) is 58.9. The molecule has 0 aromatic rings. The van der Waals surface area contributed by atoms with Crippen molar-refractivity contribution in [3.63, 3.8) is 0 Å². The number of ether oxygens (including phenoxy) is 3. The highest BCUT2D eigenvalue weighted by Crippen LogP contribution is 2.15. The fraction of sp³-hybridized carbons (Fsp3) is 0.667. The number of carbonyl (C=O) groups is 3. The molecular weight excluding hydrogens is 925 g/mol. The standard InChI is InChI=1S/C69H114O6/c1-4-7-10-13-16-19-22-25-28-30-32-33-34-35-37-38-41-44-47-50-53-56-59-62-68(71)74-65-66(64-73-67(70)61-58-55-52-49-46-43-40-27-24-21-18-15-12-9-6-3)75-69(72)63-60-57-54-51-48-45-42-39-36-31-29-26-23-20-17-14-11-8-5-2/h7,9-10,12,16-21,25-29,32-33,35,37,40,66H,4-6,8,11,13-15,22-24,30-31,34,36,38-39,41-65H2,1-3H3/b10-7-,12-9-,19-16-,20-17-,21-18-,28-25-,29-26-,33-32-,37-35-,40-27-. The van der Waals surface area contributed by atoms with Crippen molar-refractivity contribution in [2.45, 2.75) is 284 Å². The van der Waals surface area contributed by atoms with E-state index in [4.69, 9.17) is 14.2 Å². The maximum atomic E-state index is 12.9. The quantitative estimate of drug-likeness (QED) is 0.0261. The summed E-state index contributed by atoms with van der Waals surface area (Å²) < 4.78 is 16.9. The van der Waals surface area contributed by atoms with E-state index in [0.717, 1.165) is 141 Å². The summed E-state index contributed by atoms with van der Waals surface area (Å²) in [5, 5.41) is 0. The third kappa shape index (κ3) is 60.6. The second-order valence-electron chi connectivity index (χ2n) is 20.2. The van der Waals surface area contributed by atoms with E-state index in [0.29, 0.717) is 19.3 Å². The summed E-state index contributed by atoms with van der Waals surface area (Å²) in [6, 6.07) is 0. The van der Waals surface area contributed by atoms with Gasteiger partial charge in [-0.1, -0.05) is 251 Å². The van der Waals surface area contributed by atoms with Crippen LogP contribution in [-0.2, 0) is 28.6 Å². The van der Waals surface area contributed by atoms with Crippen molar-refractivity contribution in [1.29, 1.82) is 0 Å². The molecular formula is C69H114O6. The van der Waals surface area contributed by atoms with Crippen molar-refractivity contribution in [3.8, 4) is 0 Å². The summed E-state index contributed by atoms with van der Waals surface area (Å²) >= 11 is 0. The molecule has 0 saturated carbocycles. The third-order valence-corrected chi connectivity index (χ3v) is 12.9. The number of unbranched alkanes of at least 4 members (excludes halogenated alkanes) is 24.